The summed E-state index contributed by atoms with van der Waals surface area (Å²) in [5.74, 6) is 1.50. The Kier molecular flexibility index (Phi) is 14.4. The Morgan fingerprint density at radius 3 is 2.15 bits per heavy atom. The molecule has 0 aromatic heterocycles. The fourth-order valence-corrected chi connectivity index (χ4v) is 7.08. The first kappa shape index (κ1) is 35.4. The number of benzene rings is 2. The van der Waals surface area contributed by atoms with E-state index >= 15 is 0 Å². The molecule has 46 heavy (non-hydrogen) atoms. The van der Waals surface area contributed by atoms with Gasteiger partial charge in [0.15, 0.2) is 0 Å². The van der Waals surface area contributed by atoms with Gasteiger partial charge in [-0.1, -0.05) is 66.5 Å². The second-order valence-electron chi connectivity index (χ2n) is 12.6. The molecule has 0 aliphatic carbocycles. The Hall–Kier alpha value is -3.41. The zero-order valence-corrected chi connectivity index (χ0v) is 27.9. The maximum Gasteiger partial charge on any atom is 0.242 e. The number of hydrogen-bond donors (Lipinski definition) is 6. The van der Waals surface area contributed by atoms with Crippen LogP contribution in [0.15, 0.2) is 54.6 Å². The molecule has 2 heterocycles. The fourth-order valence-electron chi connectivity index (χ4n) is 6.21. The van der Waals surface area contributed by atoms with Crippen molar-refractivity contribution in [2.45, 2.75) is 82.7 Å². The van der Waals surface area contributed by atoms with Gasteiger partial charge in [-0.25, -0.2) is 0 Å². The normalized spacial score (nSPS) is 17.2. The van der Waals surface area contributed by atoms with Crippen molar-refractivity contribution in [3.8, 4) is 0 Å². The Bertz CT molecular complexity index is 1260. The number of carbonyl (C=O) groups excluding carboxylic acids is 3. The number of hydrogen-bond acceptors (Lipinski definition) is 7. The Balaban J connectivity index is 1.39. The molecular weight excluding hydrogens is 598 g/mol. The smallest absolute Gasteiger partial charge is 0.242 e. The number of amides is 3. The molecule has 2 unspecified atom stereocenters. The molecule has 2 aliphatic heterocycles. The third-order valence-corrected chi connectivity index (χ3v) is 10.2. The van der Waals surface area contributed by atoms with Crippen LogP contribution in [-0.2, 0) is 26.7 Å². The van der Waals surface area contributed by atoms with E-state index in [2.05, 4.69) is 32.8 Å². The summed E-state index contributed by atoms with van der Waals surface area (Å²) < 4.78 is 3.43. The van der Waals surface area contributed by atoms with E-state index < -0.39 is 12.1 Å². The summed E-state index contributed by atoms with van der Waals surface area (Å²) >= 11 is 1.52. The summed E-state index contributed by atoms with van der Waals surface area (Å²) in [6.07, 6.45) is 7.04. The van der Waals surface area contributed by atoms with Crippen molar-refractivity contribution in [3.05, 3.63) is 71.3 Å². The van der Waals surface area contributed by atoms with Crippen LogP contribution >= 0.6 is 11.9 Å². The fraction of sp³-hybridized carbons (Fsp3) is 0.543. The molecule has 10 nitrogen and oxygen atoms in total. The molecule has 2 fully saturated rings. The number of carbonyl (C=O) groups is 3. The first-order valence-corrected chi connectivity index (χ1v) is 17.7. The number of piperidine rings is 2. The van der Waals surface area contributed by atoms with Crippen LogP contribution in [0.4, 0.5) is 0 Å². The predicted octanol–water partition coefficient (Wildman–Crippen LogP) is 3.70. The molecule has 0 bridgehead atoms. The van der Waals surface area contributed by atoms with E-state index in [1.807, 2.05) is 35.2 Å². The SMILES string of the molecule is CC(=O)N1CCC(CCC(NSCc2ccccc2)C(=O)NC(CCC2CCNCC2)C(=O)NCc2ccc(C(=N)N)cc2)CC1. The highest BCUT2D eigenvalue weighted by Gasteiger charge is 2.28. The highest BCUT2D eigenvalue weighted by atomic mass is 32.2. The monoisotopic (exact) mass is 649 g/mol. The van der Waals surface area contributed by atoms with E-state index in [-0.39, 0.29) is 23.6 Å². The molecule has 2 saturated heterocycles. The van der Waals surface area contributed by atoms with Gasteiger partial charge in [0.2, 0.25) is 17.7 Å². The molecule has 0 spiro atoms. The minimum Gasteiger partial charge on any atom is -0.384 e. The molecular formula is C35H51N7O3S. The lowest BCUT2D eigenvalue weighted by molar-refractivity contribution is -0.130. The van der Waals surface area contributed by atoms with Crippen molar-refractivity contribution in [2.24, 2.45) is 17.6 Å². The van der Waals surface area contributed by atoms with Gasteiger partial charge in [0.1, 0.15) is 11.9 Å². The maximum atomic E-state index is 13.9. The molecule has 7 N–H and O–H groups in total. The van der Waals surface area contributed by atoms with Crippen molar-refractivity contribution in [3.63, 3.8) is 0 Å². The second kappa shape index (κ2) is 18.7. The molecule has 0 saturated carbocycles. The number of nitrogens with one attached hydrogen (secondary N) is 5. The van der Waals surface area contributed by atoms with E-state index in [4.69, 9.17) is 11.1 Å². The molecule has 2 aromatic rings. The van der Waals surface area contributed by atoms with Gasteiger partial charge in [-0.05, 0) is 87.4 Å². The van der Waals surface area contributed by atoms with Crippen molar-refractivity contribution < 1.29 is 14.4 Å². The van der Waals surface area contributed by atoms with Crippen LogP contribution in [0.1, 0.15) is 75.0 Å². The third-order valence-electron chi connectivity index (χ3n) is 9.23. The Morgan fingerprint density at radius 2 is 1.52 bits per heavy atom. The van der Waals surface area contributed by atoms with Gasteiger partial charge in [-0.3, -0.25) is 24.5 Å². The number of nitrogens with zero attached hydrogens (tertiary/aromatic N) is 1. The van der Waals surface area contributed by atoms with Crippen LogP contribution in [0.2, 0.25) is 0 Å². The average molecular weight is 650 g/mol. The quantitative estimate of drug-likeness (QED) is 0.0922. The molecule has 4 rings (SSSR count). The van der Waals surface area contributed by atoms with E-state index in [1.54, 1.807) is 19.1 Å². The number of amidine groups is 1. The molecule has 250 valence electrons. The van der Waals surface area contributed by atoms with Crippen LogP contribution in [0.25, 0.3) is 0 Å². The number of likely N-dealkylation sites (tertiary alicyclic amines) is 1. The standard InChI is InChI=1S/C35H51N7O3S/c1-25(43)42-21-17-27(18-22-42)10-14-32(41-46-24-29-5-3-2-4-6-29)35(45)40-31(13-9-26-15-19-38-20-16-26)34(44)39-23-28-7-11-30(12-8-28)33(36)37/h2-8,11-12,26-27,31-32,38,41H,9-10,13-24H2,1H3,(H3,36,37)(H,39,44)(H,40,45). The highest BCUT2D eigenvalue weighted by Crippen LogP contribution is 2.24. The summed E-state index contributed by atoms with van der Waals surface area (Å²) in [6, 6.07) is 16.3. The van der Waals surface area contributed by atoms with Gasteiger partial charge in [-0.15, -0.1) is 0 Å². The average Bonchev–Trinajstić information content (AvgIpc) is 3.08. The minimum absolute atomic E-state index is 0.00268. The number of rotatable bonds is 16. The van der Waals surface area contributed by atoms with Crippen molar-refractivity contribution in [1.82, 2.24) is 25.6 Å². The van der Waals surface area contributed by atoms with Crippen LogP contribution in [0.3, 0.4) is 0 Å². The predicted molar refractivity (Wildman–Crippen MR) is 185 cm³/mol. The second-order valence-corrected chi connectivity index (χ2v) is 13.4. The van der Waals surface area contributed by atoms with E-state index in [0.29, 0.717) is 36.8 Å². The lowest BCUT2D eigenvalue weighted by Crippen LogP contribution is -2.52. The highest BCUT2D eigenvalue weighted by molar-refractivity contribution is 7.96. The minimum atomic E-state index is -0.638. The molecule has 11 heteroatoms. The summed E-state index contributed by atoms with van der Waals surface area (Å²) in [4.78, 5) is 41.1. The summed E-state index contributed by atoms with van der Waals surface area (Å²) in [6.45, 7) is 5.45. The van der Waals surface area contributed by atoms with E-state index in [9.17, 15) is 14.4 Å². The zero-order chi connectivity index (χ0) is 32.7. The van der Waals surface area contributed by atoms with Crippen molar-refractivity contribution in [1.29, 1.82) is 5.41 Å². The molecule has 3 amide bonds. The Labute approximate surface area is 278 Å². The largest absolute Gasteiger partial charge is 0.384 e. The number of nitrogen functional groups attached to an aromatic ring is 1. The van der Waals surface area contributed by atoms with E-state index in [0.717, 1.165) is 76.0 Å². The van der Waals surface area contributed by atoms with Crippen LogP contribution in [0.5, 0.6) is 0 Å². The Morgan fingerprint density at radius 1 is 0.891 bits per heavy atom. The van der Waals surface area contributed by atoms with Gasteiger partial charge in [0.25, 0.3) is 0 Å². The summed E-state index contributed by atoms with van der Waals surface area (Å²) in [5.41, 5.74) is 8.28. The van der Waals surface area contributed by atoms with Crippen molar-refractivity contribution in [2.75, 3.05) is 26.2 Å². The molecule has 2 atom stereocenters. The summed E-state index contributed by atoms with van der Waals surface area (Å²) in [7, 11) is 0. The lowest BCUT2D eigenvalue weighted by Gasteiger charge is -2.32. The molecule has 2 aliphatic rings. The van der Waals surface area contributed by atoms with Gasteiger partial charge >= 0.3 is 0 Å². The van der Waals surface area contributed by atoms with Crippen molar-refractivity contribution >= 4 is 35.5 Å². The van der Waals surface area contributed by atoms with Gasteiger partial charge < -0.3 is 26.6 Å². The van der Waals surface area contributed by atoms with Crippen LogP contribution < -0.4 is 26.4 Å². The number of nitrogens with two attached hydrogens (primary N) is 1. The topological polar surface area (TPSA) is 152 Å². The van der Waals surface area contributed by atoms with Gasteiger partial charge in [0, 0.05) is 37.9 Å². The zero-order valence-electron chi connectivity index (χ0n) is 27.1. The van der Waals surface area contributed by atoms with E-state index in [1.165, 1.54) is 17.5 Å². The van der Waals surface area contributed by atoms with Gasteiger partial charge in [0.05, 0.1) is 6.04 Å². The molecule has 0 radical (unpaired) electrons. The summed E-state index contributed by atoms with van der Waals surface area (Å²) in [5, 5.41) is 17.2. The molecule has 2 aromatic carbocycles. The maximum absolute atomic E-state index is 13.9. The van der Waals surface area contributed by atoms with Crippen LogP contribution in [0, 0.1) is 17.2 Å². The van der Waals surface area contributed by atoms with Gasteiger partial charge in [-0.2, -0.15) is 0 Å². The third kappa shape index (κ3) is 11.7. The lowest BCUT2D eigenvalue weighted by atomic mass is 9.90. The first-order chi connectivity index (χ1) is 22.3. The first-order valence-electron chi connectivity index (χ1n) is 16.7. The van der Waals surface area contributed by atoms with Crippen LogP contribution in [-0.4, -0.2) is 66.7 Å².